The van der Waals surface area contributed by atoms with Gasteiger partial charge in [0.2, 0.25) is 0 Å². The summed E-state index contributed by atoms with van der Waals surface area (Å²) >= 11 is 6.33. The van der Waals surface area contributed by atoms with Crippen LogP contribution in [0.25, 0.3) is 6.08 Å². The van der Waals surface area contributed by atoms with E-state index in [1.807, 2.05) is 0 Å². The lowest BCUT2D eigenvalue weighted by Gasteiger charge is -2.21. The summed E-state index contributed by atoms with van der Waals surface area (Å²) < 4.78 is 0.511. The van der Waals surface area contributed by atoms with Crippen molar-refractivity contribution in [1.82, 2.24) is 9.80 Å². The van der Waals surface area contributed by atoms with E-state index in [1.54, 1.807) is 37.4 Å². The van der Waals surface area contributed by atoms with Crippen molar-refractivity contribution in [2.45, 2.75) is 18.9 Å². The molecule has 2 aliphatic rings. The Labute approximate surface area is 154 Å². The Kier molecular flexibility index (Phi) is 4.91. The van der Waals surface area contributed by atoms with Crippen molar-refractivity contribution < 1.29 is 19.5 Å². The molecule has 1 aromatic carbocycles. The minimum Gasteiger partial charge on any atom is -0.480 e. The summed E-state index contributed by atoms with van der Waals surface area (Å²) in [5, 5.41) is 9.20. The minimum atomic E-state index is -0.968. The van der Waals surface area contributed by atoms with Gasteiger partial charge in [0.1, 0.15) is 10.4 Å². The predicted octanol–water partition coefficient (Wildman–Crippen LogP) is 2.21. The van der Waals surface area contributed by atoms with Gasteiger partial charge in [-0.2, -0.15) is 0 Å². The van der Waals surface area contributed by atoms with E-state index in [4.69, 9.17) is 12.2 Å². The lowest BCUT2D eigenvalue weighted by molar-refractivity contribution is -0.141. The van der Waals surface area contributed by atoms with Crippen LogP contribution in [-0.2, 0) is 9.59 Å². The molecule has 25 heavy (non-hydrogen) atoms. The Morgan fingerprint density at radius 1 is 1.32 bits per heavy atom. The van der Waals surface area contributed by atoms with E-state index in [2.05, 4.69) is 0 Å². The molecule has 0 radical (unpaired) electrons. The summed E-state index contributed by atoms with van der Waals surface area (Å²) in [6.07, 6.45) is 2.91. The highest BCUT2D eigenvalue weighted by Gasteiger charge is 2.34. The Hall–Kier alpha value is -2.19. The Morgan fingerprint density at radius 2 is 2.00 bits per heavy atom. The summed E-state index contributed by atoms with van der Waals surface area (Å²) in [5.41, 5.74) is 1.22. The van der Waals surface area contributed by atoms with Crippen molar-refractivity contribution in [3.8, 4) is 0 Å². The van der Waals surface area contributed by atoms with Gasteiger partial charge in [0, 0.05) is 19.2 Å². The molecular formula is C17H16N2O4S2. The van der Waals surface area contributed by atoms with Crippen LogP contribution < -0.4 is 0 Å². The third kappa shape index (κ3) is 3.45. The first-order chi connectivity index (χ1) is 11.9. The van der Waals surface area contributed by atoms with Crippen LogP contribution in [0.3, 0.4) is 0 Å². The first kappa shape index (κ1) is 17.6. The zero-order valence-corrected chi connectivity index (χ0v) is 15.1. The fourth-order valence-corrected chi connectivity index (χ4v) is 4.03. The molecule has 2 fully saturated rings. The zero-order valence-electron chi connectivity index (χ0n) is 13.5. The number of thiocarbonyl (C=S) groups is 1. The summed E-state index contributed by atoms with van der Waals surface area (Å²) in [5.74, 6) is -1.39. The molecule has 2 heterocycles. The van der Waals surface area contributed by atoms with Crippen molar-refractivity contribution in [2.75, 3.05) is 13.6 Å². The van der Waals surface area contributed by atoms with Gasteiger partial charge in [-0.05, 0) is 36.6 Å². The first-order valence-electron chi connectivity index (χ1n) is 7.74. The first-order valence-corrected chi connectivity index (χ1v) is 8.96. The van der Waals surface area contributed by atoms with Crippen LogP contribution >= 0.6 is 24.0 Å². The second-order valence-corrected chi connectivity index (χ2v) is 7.53. The van der Waals surface area contributed by atoms with Gasteiger partial charge < -0.3 is 10.0 Å². The van der Waals surface area contributed by atoms with Gasteiger partial charge in [0.15, 0.2) is 0 Å². The van der Waals surface area contributed by atoms with E-state index >= 15 is 0 Å². The van der Waals surface area contributed by atoms with E-state index in [-0.39, 0.29) is 11.8 Å². The number of thioether (sulfide) groups is 1. The average molecular weight is 376 g/mol. The SMILES string of the molecule is CN1C(=O)/C(=C\c2ccc(C(=O)N3CCC[C@@H]3C(=O)O)cc2)SC1=S. The monoisotopic (exact) mass is 376 g/mol. The molecule has 8 heteroatoms. The van der Waals surface area contributed by atoms with Crippen LogP contribution in [0, 0.1) is 0 Å². The molecule has 2 amide bonds. The molecule has 1 N–H and O–H groups in total. The van der Waals surface area contributed by atoms with Crippen molar-refractivity contribution in [1.29, 1.82) is 0 Å². The highest BCUT2D eigenvalue weighted by Crippen LogP contribution is 2.31. The predicted molar refractivity (Wildman–Crippen MR) is 99.1 cm³/mol. The maximum atomic E-state index is 12.5. The van der Waals surface area contributed by atoms with Crippen molar-refractivity contribution in [2.24, 2.45) is 0 Å². The number of hydrogen-bond acceptors (Lipinski definition) is 5. The van der Waals surface area contributed by atoms with Crippen LogP contribution in [0.5, 0.6) is 0 Å². The van der Waals surface area contributed by atoms with Gasteiger partial charge in [-0.25, -0.2) is 4.79 Å². The number of amides is 2. The number of aliphatic carboxylic acids is 1. The van der Waals surface area contributed by atoms with E-state index < -0.39 is 12.0 Å². The third-order valence-electron chi connectivity index (χ3n) is 4.24. The van der Waals surface area contributed by atoms with Crippen LogP contribution in [0.15, 0.2) is 29.2 Å². The second-order valence-electron chi connectivity index (χ2n) is 5.86. The van der Waals surface area contributed by atoms with Gasteiger partial charge in [-0.3, -0.25) is 14.5 Å². The van der Waals surface area contributed by atoms with Crippen LogP contribution in [0.4, 0.5) is 0 Å². The lowest BCUT2D eigenvalue weighted by Crippen LogP contribution is -2.40. The molecule has 0 aliphatic carbocycles. The van der Waals surface area contributed by atoms with E-state index in [0.717, 1.165) is 5.56 Å². The van der Waals surface area contributed by atoms with Gasteiger partial charge in [-0.1, -0.05) is 36.1 Å². The molecule has 2 aliphatic heterocycles. The van der Waals surface area contributed by atoms with E-state index in [1.165, 1.54) is 21.6 Å². The number of carbonyl (C=O) groups is 3. The third-order valence-corrected chi connectivity index (χ3v) is 5.73. The number of benzene rings is 1. The summed E-state index contributed by atoms with van der Waals surface area (Å²) in [7, 11) is 1.63. The molecule has 1 atom stereocenters. The number of rotatable bonds is 3. The molecule has 2 saturated heterocycles. The Balaban J connectivity index is 1.77. The fraction of sp³-hybridized carbons (Fsp3) is 0.294. The molecular weight excluding hydrogens is 360 g/mol. The fourth-order valence-electron chi connectivity index (χ4n) is 2.85. The largest absolute Gasteiger partial charge is 0.480 e. The lowest BCUT2D eigenvalue weighted by atomic mass is 10.1. The van der Waals surface area contributed by atoms with Crippen molar-refractivity contribution in [3.63, 3.8) is 0 Å². The van der Waals surface area contributed by atoms with E-state index in [0.29, 0.717) is 34.2 Å². The number of nitrogens with zero attached hydrogens (tertiary/aromatic N) is 2. The molecule has 0 saturated carbocycles. The van der Waals surface area contributed by atoms with Crippen LogP contribution in [0.2, 0.25) is 0 Å². The molecule has 1 aromatic rings. The normalized spacial score (nSPS) is 22.1. The summed E-state index contributed by atoms with van der Waals surface area (Å²) in [6, 6.07) is 6.03. The van der Waals surface area contributed by atoms with Crippen LogP contribution in [-0.4, -0.2) is 56.6 Å². The molecule has 0 spiro atoms. The molecule has 6 nitrogen and oxygen atoms in total. The highest BCUT2D eigenvalue weighted by molar-refractivity contribution is 8.26. The number of hydrogen-bond donors (Lipinski definition) is 1. The average Bonchev–Trinajstić information content (AvgIpc) is 3.17. The summed E-state index contributed by atoms with van der Waals surface area (Å²) in [6.45, 7) is 0.455. The topological polar surface area (TPSA) is 77.9 Å². The van der Waals surface area contributed by atoms with Gasteiger partial charge in [0.25, 0.3) is 11.8 Å². The number of likely N-dealkylation sites (N-methyl/N-ethyl adjacent to an activating group) is 1. The number of likely N-dealkylation sites (tertiary alicyclic amines) is 1. The smallest absolute Gasteiger partial charge is 0.326 e. The standard InChI is InChI=1S/C17H16N2O4S2/c1-18-15(21)13(25-17(18)24)9-10-4-6-11(7-5-10)14(20)19-8-2-3-12(19)16(22)23/h4-7,9,12H,2-3,8H2,1H3,(H,22,23)/b13-9+/t12-/m1/s1. The minimum absolute atomic E-state index is 0.142. The maximum Gasteiger partial charge on any atom is 0.326 e. The Morgan fingerprint density at radius 3 is 2.56 bits per heavy atom. The summed E-state index contributed by atoms with van der Waals surface area (Å²) in [4.78, 5) is 39.1. The quantitative estimate of drug-likeness (QED) is 0.644. The molecule has 0 aromatic heterocycles. The molecule has 130 valence electrons. The molecule has 0 bridgehead atoms. The molecule has 0 unspecified atom stereocenters. The highest BCUT2D eigenvalue weighted by atomic mass is 32.2. The van der Waals surface area contributed by atoms with Crippen LogP contribution in [0.1, 0.15) is 28.8 Å². The maximum absolute atomic E-state index is 12.5. The number of carboxylic acids is 1. The van der Waals surface area contributed by atoms with Gasteiger partial charge in [-0.15, -0.1) is 0 Å². The van der Waals surface area contributed by atoms with Crippen molar-refractivity contribution in [3.05, 3.63) is 40.3 Å². The Bertz CT molecular complexity index is 788. The van der Waals surface area contributed by atoms with E-state index in [9.17, 15) is 19.5 Å². The van der Waals surface area contributed by atoms with Gasteiger partial charge >= 0.3 is 5.97 Å². The number of carbonyl (C=O) groups excluding carboxylic acids is 2. The van der Waals surface area contributed by atoms with Gasteiger partial charge in [0.05, 0.1) is 4.91 Å². The zero-order chi connectivity index (χ0) is 18.1. The second kappa shape index (κ2) is 6.97. The van der Waals surface area contributed by atoms with Crippen molar-refractivity contribution >= 4 is 52.2 Å². The molecule has 3 rings (SSSR count). The number of carboxylic acid groups (broad SMARTS) is 1.